The Kier molecular flexibility index (Phi) is 3.24. The molecule has 0 fully saturated rings. The molecule has 2 aromatic carbocycles. The highest BCUT2D eigenvalue weighted by atomic mass is 19.1. The van der Waals surface area contributed by atoms with Gasteiger partial charge in [-0.1, -0.05) is 18.2 Å². The van der Waals surface area contributed by atoms with Crippen molar-refractivity contribution < 1.29 is 9.13 Å². The first-order valence-electron chi connectivity index (χ1n) is 6.70. The van der Waals surface area contributed by atoms with Gasteiger partial charge in [0, 0.05) is 5.92 Å². The number of fused-ring (bicyclic) bond motifs is 1. The average Bonchev–Trinajstić information content (AvgIpc) is 2.47. The number of aryl methyl sites for hydroxylation is 1. The molecule has 19 heavy (non-hydrogen) atoms. The minimum atomic E-state index is -0.176. The van der Waals surface area contributed by atoms with E-state index in [1.54, 1.807) is 19.2 Å². The summed E-state index contributed by atoms with van der Waals surface area (Å²) in [6.07, 6.45) is 3.42. The molecule has 2 heteroatoms. The fourth-order valence-electron chi connectivity index (χ4n) is 2.95. The number of hydrogen-bond donors (Lipinski definition) is 0. The van der Waals surface area contributed by atoms with Gasteiger partial charge in [-0.05, 0) is 60.2 Å². The SMILES string of the molecule is COc1ccc2c(c1)C(c1ccc(F)cc1)CCC2. The molecule has 1 aliphatic rings. The molecule has 0 heterocycles. The second-order valence-corrected chi connectivity index (χ2v) is 5.06. The van der Waals surface area contributed by atoms with Gasteiger partial charge in [0.1, 0.15) is 11.6 Å². The number of rotatable bonds is 2. The maximum Gasteiger partial charge on any atom is 0.123 e. The van der Waals surface area contributed by atoms with Crippen molar-refractivity contribution in [1.29, 1.82) is 0 Å². The highest BCUT2D eigenvalue weighted by molar-refractivity contribution is 5.44. The van der Waals surface area contributed by atoms with Crippen LogP contribution < -0.4 is 4.74 Å². The third kappa shape index (κ3) is 2.35. The average molecular weight is 256 g/mol. The smallest absolute Gasteiger partial charge is 0.123 e. The first-order valence-corrected chi connectivity index (χ1v) is 6.70. The zero-order valence-electron chi connectivity index (χ0n) is 11.0. The molecule has 1 unspecified atom stereocenters. The van der Waals surface area contributed by atoms with Crippen LogP contribution in [-0.2, 0) is 6.42 Å². The number of halogens is 1. The van der Waals surface area contributed by atoms with Crippen LogP contribution in [0.3, 0.4) is 0 Å². The van der Waals surface area contributed by atoms with Crippen molar-refractivity contribution in [3.8, 4) is 5.75 Å². The Hall–Kier alpha value is -1.83. The minimum Gasteiger partial charge on any atom is -0.497 e. The van der Waals surface area contributed by atoms with E-state index < -0.39 is 0 Å². The van der Waals surface area contributed by atoms with Crippen LogP contribution in [0.25, 0.3) is 0 Å². The monoisotopic (exact) mass is 256 g/mol. The zero-order chi connectivity index (χ0) is 13.2. The third-order valence-corrected chi connectivity index (χ3v) is 3.94. The predicted octanol–water partition coefficient (Wildman–Crippen LogP) is 4.30. The molecule has 0 bridgehead atoms. The Morgan fingerprint density at radius 2 is 1.89 bits per heavy atom. The van der Waals surface area contributed by atoms with Crippen LogP contribution in [0, 0.1) is 5.82 Å². The van der Waals surface area contributed by atoms with Crippen molar-refractivity contribution in [2.45, 2.75) is 25.2 Å². The summed E-state index contributed by atoms with van der Waals surface area (Å²) in [4.78, 5) is 0. The van der Waals surface area contributed by atoms with Gasteiger partial charge < -0.3 is 4.74 Å². The lowest BCUT2D eigenvalue weighted by molar-refractivity contribution is 0.413. The fourth-order valence-corrected chi connectivity index (χ4v) is 2.95. The normalized spacial score (nSPS) is 17.9. The van der Waals surface area contributed by atoms with E-state index in [9.17, 15) is 4.39 Å². The van der Waals surface area contributed by atoms with Gasteiger partial charge in [-0.25, -0.2) is 4.39 Å². The molecule has 0 saturated heterocycles. The van der Waals surface area contributed by atoms with Crippen LogP contribution >= 0.6 is 0 Å². The molecule has 1 atom stereocenters. The lowest BCUT2D eigenvalue weighted by atomic mass is 9.79. The lowest BCUT2D eigenvalue weighted by Crippen LogP contribution is -2.11. The molecule has 3 rings (SSSR count). The summed E-state index contributed by atoms with van der Waals surface area (Å²) in [5.74, 6) is 1.08. The summed E-state index contributed by atoms with van der Waals surface area (Å²) in [6.45, 7) is 0. The Labute approximate surface area is 113 Å². The van der Waals surface area contributed by atoms with E-state index in [1.165, 1.54) is 23.1 Å². The van der Waals surface area contributed by atoms with Crippen LogP contribution in [0.15, 0.2) is 42.5 Å². The number of methoxy groups -OCH3 is 1. The Morgan fingerprint density at radius 3 is 2.63 bits per heavy atom. The van der Waals surface area contributed by atoms with Crippen molar-refractivity contribution in [1.82, 2.24) is 0 Å². The molecule has 2 aromatic rings. The number of benzene rings is 2. The van der Waals surface area contributed by atoms with Gasteiger partial charge in [0.2, 0.25) is 0 Å². The third-order valence-electron chi connectivity index (χ3n) is 3.94. The maximum absolute atomic E-state index is 13.0. The van der Waals surface area contributed by atoms with E-state index in [1.807, 2.05) is 18.2 Å². The van der Waals surface area contributed by atoms with Crippen LogP contribution in [0.1, 0.15) is 35.4 Å². The van der Waals surface area contributed by atoms with Gasteiger partial charge in [0.25, 0.3) is 0 Å². The van der Waals surface area contributed by atoms with E-state index >= 15 is 0 Å². The van der Waals surface area contributed by atoms with Crippen LogP contribution in [0.2, 0.25) is 0 Å². The molecule has 0 radical (unpaired) electrons. The first kappa shape index (κ1) is 12.2. The van der Waals surface area contributed by atoms with E-state index in [4.69, 9.17) is 4.74 Å². The Balaban J connectivity index is 2.03. The van der Waals surface area contributed by atoms with Crippen LogP contribution in [-0.4, -0.2) is 7.11 Å². The molecule has 0 aromatic heterocycles. The van der Waals surface area contributed by atoms with Gasteiger partial charge in [0.05, 0.1) is 7.11 Å². The summed E-state index contributed by atoms with van der Waals surface area (Å²) in [5.41, 5.74) is 3.91. The molecule has 0 amide bonds. The maximum atomic E-state index is 13.0. The van der Waals surface area contributed by atoms with Crippen molar-refractivity contribution in [2.75, 3.05) is 7.11 Å². The minimum absolute atomic E-state index is 0.176. The van der Waals surface area contributed by atoms with Crippen molar-refractivity contribution in [3.05, 3.63) is 65.0 Å². The molecule has 0 saturated carbocycles. The molecular formula is C17H17FO. The number of hydrogen-bond acceptors (Lipinski definition) is 1. The van der Waals surface area contributed by atoms with Crippen molar-refractivity contribution in [2.24, 2.45) is 0 Å². The summed E-state index contributed by atoms with van der Waals surface area (Å²) in [6, 6.07) is 13.2. The second-order valence-electron chi connectivity index (χ2n) is 5.06. The van der Waals surface area contributed by atoms with Gasteiger partial charge >= 0.3 is 0 Å². The van der Waals surface area contributed by atoms with E-state index in [-0.39, 0.29) is 5.82 Å². The van der Waals surface area contributed by atoms with Gasteiger partial charge in [-0.3, -0.25) is 0 Å². The summed E-state index contributed by atoms with van der Waals surface area (Å²) < 4.78 is 18.4. The standard InChI is InChI=1S/C17H17FO/c1-19-15-10-7-12-3-2-4-16(17(12)11-15)13-5-8-14(18)9-6-13/h5-11,16H,2-4H2,1H3. The Bertz CT molecular complexity index is 574. The largest absolute Gasteiger partial charge is 0.497 e. The molecule has 0 spiro atoms. The van der Waals surface area contributed by atoms with Gasteiger partial charge in [-0.15, -0.1) is 0 Å². The molecule has 0 N–H and O–H groups in total. The van der Waals surface area contributed by atoms with Crippen molar-refractivity contribution in [3.63, 3.8) is 0 Å². The topological polar surface area (TPSA) is 9.23 Å². The summed E-state index contributed by atoms with van der Waals surface area (Å²) in [5, 5.41) is 0. The van der Waals surface area contributed by atoms with Crippen molar-refractivity contribution >= 4 is 0 Å². The van der Waals surface area contributed by atoms with Gasteiger partial charge in [-0.2, -0.15) is 0 Å². The molecular weight excluding hydrogens is 239 g/mol. The molecule has 98 valence electrons. The second kappa shape index (κ2) is 5.04. The van der Waals surface area contributed by atoms with Crippen LogP contribution in [0.4, 0.5) is 4.39 Å². The van der Waals surface area contributed by atoms with E-state index in [2.05, 4.69) is 12.1 Å². The van der Waals surface area contributed by atoms with Gasteiger partial charge in [0.15, 0.2) is 0 Å². The summed E-state index contributed by atoms with van der Waals surface area (Å²) in [7, 11) is 1.69. The summed E-state index contributed by atoms with van der Waals surface area (Å²) >= 11 is 0. The highest BCUT2D eigenvalue weighted by Gasteiger charge is 2.22. The first-order chi connectivity index (χ1) is 9.28. The molecule has 1 nitrogen and oxygen atoms in total. The number of ether oxygens (including phenoxy) is 1. The zero-order valence-corrected chi connectivity index (χ0v) is 11.0. The molecule has 0 aliphatic heterocycles. The lowest BCUT2D eigenvalue weighted by Gasteiger charge is -2.26. The fraction of sp³-hybridized carbons (Fsp3) is 0.294. The Morgan fingerprint density at radius 1 is 1.11 bits per heavy atom. The predicted molar refractivity (Wildman–Crippen MR) is 74.2 cm³/mol. The van der Waals surface area contributed by atoms with E-state index in [0.717, 1.165) is 18.6 Å². The molecule has 1 aliphatic carbocycles. The highest BCUT2D eigenvalue weighted by Crippen LogP contribution is 2.38. The quantitative estimate of drug-likeness (QED) is 0.778. The van der Waals surface area contributed by atoms with E-state index in [0.29, 0.717) is 5.92 Å². The van der Waals surface area contributed by atoms with Crippen LogP contribution in [0.5, 0.6) is 5.75 Å².